The molecule has 0 radical (unpaired) electrons. The fraction of sp³-hybridized carbons (Fsp3) is 0.300. The van der Waals surface area contributed by atoms with Crippen molar-refractivity contribution in [2.75, 3.05) is 0 Å². The zero-order valence-corrected chi connectivity index (χ0v) is 8.95. The molecule has 0 bridgehead atoms. The summed E-state index contributed by atoms with van der Waals surface area (Å²) in [6, 6.07) is 3.91. The maximum Gasteiger partial charge on any atom is 0.145 e. The molecule has 0 unspecified atom stereocenters. The third kappa shape index (κ3) is 1.80. The molecule has 2 aromatic rings. The Bertz CT molecular complexity index is 408. The summed E-state index contributed by atoms with van der Waals surface area (Å²) in [7, 11) is 0. The quantitative estimate of drug-likeness (QED) is 0.756. The molecule has 0 saturated carbocycles. The van der Waals surface area contributed by atoms with Gasteiger partial charge in [0.25, 0.3) is 0 Å². The number of aromatic nitrogens is 3. The van der Waals surface area contributed by atoms with Crippen LogP contribution in [0, 0.1) is 0 Å². The van der Waals surface area contributed by atoms with Gasteiger partial charge in [-0.05, 0) is 23.7 Å². The summed E-state index contributed by atoms with van der Waals surface area (Å²) in [5, 5.41) is 0.946. The smallest absolute Gasteiger partial charge is 0.145 e. The van der Waals surface area contributed by atoms with Crippen LogP contribution in [-0.2, 0) is 0 Å². The minimum Gasteiger partial charge on any atom is -0.264 e. The van der Waals surface area contributed by atoms with Crippen molar-refractivity contribution in [1.29, 1.82) is 0 Å². The molecule has 3 nitrogen and oxygen atoms in total. The Morgan fingerprint density at radius 3 is 2.79 bits per heavy atom. The van der Waals surface area contributed by atoms with Crippen LogP contribution in [0.4, 0.5) is 0 Å². The monoisotopic (exact) mass is 205 g/mol. The van der Waals surface area contributed by atoms with Crippen LogP contribution in [0.2, 0.25) is 0 Å². The van der Waals surface area contributed by atoms with E-state index >= 15 is 0 Å². The zero-order chi connectivity index (χ0) is 9.97. The van der Waals surface area contributed by atoms with Gasteiger partial charge in [-0.1, -0.05) is 13.8 Å². The molecule has 2 heterocycles. The molecule has 72 valence electrons. The van der Waals surface area contributed by atoms with E-state index in [2.05, 4.69) is 28.2 Å². The van der Waals surface area contributed by atoms with Crippen molar-refractivity contribution in [2.45, 2.75) is 19.8 Å². The normalized spacial score (nSPS) is 10.8. The first-order chi connectivity index (χ1) is 6.77. The Kier molecular flexibility index (Phi) is 2.54. The van der Waals surface area contributed by atoms with Crippen molar-refractivity contribution in [3.05, 3.63) is 30.4 Å². The molecule has 0 N–H and O–H groups in total. The number of rotatable bonds is 2. The number of hydrogen-bond donors (Lipinski definition) is 0. The van der Waals surface area contributed by atoms with E-state index in [9.17, 15) is 0 Å². The van der Waals surface area contributed by atoms with E-state index in [1.54, 1.807) is 6.20 Å². The second-order valence-corrected chi connectivity index (χ2v) is 4.11. The average Bonchev–Trinajstić information content (AvgIpc) is 2.68. The highest BCUT2D eigenvalue weighted by atomic mass is 32.1. The molecule has 2 aromatic heterocycles. The van der Waals surface area contributed by atoms with Crippen LogP contribution >= 0.6 is 11.5 Å². The van der Waals surface area contributed by atoms with Gasteiger partial charge < -0.3 is 0 Å². The van der Waals surface area contributed by atoms with Crippen molar-refractivity contribution < 1.29 is 0 Å². The van der Waals surface area contributed by atoms with Gasteiger partial charge in [0.1, 0.15) is 10.8 Å². The third-order valence-corrected chi connectivity index (χ3v) is 2.64. The molecule has 0 aliphatic rings. The van der Waals surface area contributed by atoms with E-state index in [0.717, 1.165) is 16.4 Å². The summed E-state index contributed by atoms with van der Waals surface area (Å²) in [6.07, 6.45) is 3.57. The molecule has 0 fully saturated rings. The highest BCUT2D eigenvalue weighted by Crippen LogP contribution is 2.22. The Morgan fingerprint density at radius 1 is 1.36 bits per heavy atom. The van der Waals surface area contributed by atoms with Gasteiger partial charge in [0.15, 0.2) is 0 Å². The van der Waals surface area contributed by atoms with Crippen LogP contribution in [0.5, 0.6) is 0 Å². The Labute approximate surface area is 87.0 Å². The van der Waals surface area contributed by atoms with Crippen molar-refractivity contribution in [2.24, 2.45) is 0 Å². The summed E-state index contributed by atoms with van der Waals surface area (Å²) in [4.78, 5) is 8.50. The van der Waals surface area contributed by atoms with Crippen molar-refractivity contribution in [3.8, 4) is 10.6 Å². The summed E-state index contributed by atoms with van der Waals surface area (Å²) >= 11 is 1.43. The zero-order valence-electron chi connectivity index (χ0n) is 8.14. The van der Waals surface area contributed by atoms with Crippen LogP contribution in [0.15, 0.2) is 24.5 Å². The molecule has 2 rings (SSSR count). The number of pyridine rings is 1. The first-order valence-electron chi connectivity index (χ1n) is 4.51. The van der Waals surface area contributed by atoms with E-state index < -0.39 is 0 Å². The Morgan fingerprint density at radius 2 is 2.21 bits per heavy atom. The van der Waals surface area contributed by atoms with Gasteiger partial charge in [0.2, 0.25) is 0 Å². The Balaban J connectivity index is 2.34. The lowest BCUT2D eigenvalue weighted by atomic mass is 10.2. The van der Waals surface area contributed by atoms with Crippen molar-refractivity contribution >= 4 is 11.5 Å². The van der Waals surface area contributed by atoms with Gasteiger partial charge in [-0.3, -0.25) is 4.98 Å². The molecular weight excluding hydrogens is 194 g/mol. The predicted molar refractivity (Wildman–Crippen MR) is 57.2 cm³/mol. The minimum atomic E-state index is 0.386. The lowest BCUT2D eigenvalue weighted by molar-refractivity contribution is 0.800. The maximum absolute atomic E-state index is 4.45. The van der Waals surface area contributed by atoms with E-state index in [-0.39, 0.29) is 0 Å². The molecule has 0 atom stereocenters. The van der Waals surface area contributed by atoms with E-state index in [1.807, 2.05) is 18.3 Å². The van der Waals surface area contributed by atoms with E-state index in [4.69, 9.17) is 0 Å². The lowest BCUT2D eigenvalue weighted by Gasteiger charge is -1.95. The molecule has 4 heteroatoms. The topological polar surface area (TPSA) is 38.7 Å². The van der Waals surface area contributed by atoms with Gasteiger partial charge in [-0.15, -0.1) is 0 Å². The fourth-order valence-electron chi connectivity index (χ4n) is 1.08. The minimum absolute atomic E-state index is 0.386. The molecule has 0 aliphatic heterocycles. The molecule has 0 aromatic carbocycles. The molecule has 0 saturated heterocycles. The number of hydrogen-bond acceptors (Lipinski definition) is 4. The van der Waals surface area contributed by atoms with Gasteiger partial charge in [0.05, 0.1) is 0 Å². The highest BCUT2D eigenvalue weighted by molar-refractivity contribution is 7.09. The number of nitrogens with zero attached hydrogens (tertiary/aromatic N) is 3. The highest BCUT2D eigenvalue weighted by Gasteiger charge is 2.08. The summed E-state index contributed by atoms with van der Waals surface area (Å²) in [5.41, 5.74) is 1.04. The van der Waals surface area contributed by atoms with Crippen LogP contribution in [-0.4, -0.2) is 14.3 Å². The molecule has 0 aliphatic carbocycles. The molecule has 0 amide bonds. The van der Waals surface area contributed by atoms with Crippen LogP contribution < -0.4 is 0 Å². The van der Waals surface area contributed by atoms with Crippen molar-refractivity contribution in [1.82, 2.24) is 14.3 Å². The summed E-state index contributed by atoms with van der Waals surface area (Å²) in [6.45, 7) is 4.18. The standard InChI is InChI=1S/C10H11N3S/c1-7(2)9-12-10(14-13-9)8-4-3-5-11-6-8/h3-7H,1-2H3. The maximum atomic E-state index is 4.45. The average molecular weight is 205 g/mol. The second-order valence-electron chi connectivity index (χ2n) is 3.35. The molecule has 0 spiro atoms. The lowest BCUT2D eigenvalue weighted by Crippen LogP contribution is -1.89. The summed E-state index contributed by atoms with van der Waals surface area (Å²) in [5.74, 6) is 1.30. The van der Waals surface area contributed by atoms with Gasteiger partial charge >= 0.3 is 0 Å². The molecular formula is C10H11N3S. The SMILES string of the molecule is CC(C)c1nsc(-c2cccnc2)n1. The van der Waals surface area contributed by atoms with Crippen LogP contribution in [0.3, 0.4) is 0 Å². The van der Waals surface area contributed by atoms with E-state index in [1.165, 1.54) is 11.5 Å². The van der Waals surface area contributed by atoms with Crippen molar-refractivity contribution in [3.63, 3.8) is 0 Å². The second kappa shape index (κ2) is 3.84. The first kappa shape index (κ1) is 9.27. The predicted octanol–water partition coefficient (Wildman–Crippen LogP) is 2.72. The van der Waals surface area contributed by atoms with E-state index in [0.29, 0.717) is 5.92 Å². The Hall–Kier alpha value is -1.29. The molecule has 14 heavy (non-hydrogen) atoms. The van der Waals surface area contributed by atoms with Gasteiger partial charge in [-0.25, -0.2) is 4.98 Å². The largest absolute Gasteiger partial charge is 0.264 e. The van der Waals surface area contributed by atoms with Crippen LogP contribution in [0.1, 0.15) is 25.6 Å². The van der Waals surface area contributed by atoms with Crippen LogP contribution in [0.25, 0.3) is 10.6 Å². The first-order valence-corrected chi connectivity index (χ1v) is 5.28. The summed E-state index contributed by atoms with van der Waals surface area (Å²) < 4.78 is 4.29. The van der Waals surface area contributed by atoms with Gasteiger partial charge in [0, 0.05) is 23.9 Å². The fourth-order valence-corrected chi connectivity index (χ4v) is 1.87. The van der Waals surface area contributed by atoms with Gasteiger partial charge in [-0.2, -0.15) is 4.37 Å². The third-order valence-electron chi connectivity index (χ3n) is 1.87.